The van der Waals surface area contributed by atoms with Crippen LogP contribution in [0, 0.1) is 0 Å². The molecule has 2 aromatic rings. The molecule has 1 heterocycles. The van der Waals surface area contributed by atoms with E-state index < -0.39 is 0 Å². The lowest BCUT2D eigenvalue weighted by Crippen LogP contribution is -2.25. The molecule has 1 amide bonds. The van der Waals surface area contributed by atoms with Crippen LogP contribution >= 0.6 is 0 Å². The maximum atomic E-state index is 11.8. The zero-order valence-corrected chi connectivity index (χ0v) is 11.3. The van der Waals surface area contributed by atoms with Crippen molar-refractivity contribution in [1.82, 2.24) is 10.3 Å². The second-order valence-electron chi connectivity index (χ2n) is 4.51. The fraction of sp³-hybridized carbons (Fsp3) is 0.333. The van der Waals surface area contributed by atoms with Crippen LogP contribution in [0.1, 0.15) is 28.4 Å². The summed E-state index contributed by atoms with van der Waals surface area (Å²) in [5, 5.41) is 2.83. The van der Waals surface area contributed by atoms with E-state index >= 15 is 0 Å². The monoisotopic (exact) mass is 273 g/mol. The van der Waals surface area contributed by atoms with Gasteiger partial charge < -0.3 is 15.5 Å². The number of benzene rings is 1. The topological polar surface area (TPSA) is 81.1 Å². The van der Waals surface area contributed by atoms with E-state index in [9.17, 15) is 4.79 Å². The first-order valence-electron chi connectivity index (χ1n) is 6.76. The zero-order valence-electron chi connectivity index (χ0n) is 11.3. The minimum Gasteiger partial charge on any atom is -0.448 e. The largest absolute Gasteiger partial charge is 0.448 e. The van der Waals surface area contributed by atoms with Crippen LogP contribution in [0.25, 0.3) is 0 Å². The molecule has 5 heteroatoms. The Kier molecular flexibility index (Phi) is 5.32. The number of nitrogens with zero attached hydrogens (tertiary/aromatic N) is 1. The van der Waals surface area contributed by atoms with Crippen LogP contribution in [0.2, 0.25) is 0 Å². The molecule has 3 N–H and O–H groups in total. The van der Waals surface area contributed by atoms with Gasteiger partial charge in [-0.3, -0.25) is 4.79 Å². The number of aromatic nitrogens is 1. The molecule has 20 heavy (non-hydrogen) atoms. The van der Waals surface area contributed by atoms with Crippen molar-refractivity contribution in [2.24, 2.45) is 5.73 Å². The van der Waals surface area contributed by atoms with Crippen molar-refractivity contribution in [3.63, 3.8) is 0 Å². The molecule has 0 bridgehead atoms. The number of nitrogens with one attached hydrogen (secondary N) is 1. The van der Waals surface area contributed by atoms with Crippen LogP contribution in [0.5, 0.6) is 0 Å². The van der Waals surface area contributed by atoms with Gasteiger partial charge in [0.1, 0.15) is 6.26 Å². The second kappa shape index (κ2) is 7.45. The molecular weight excluding hydrogens is 254 g/mol. The third-order valence-electron chi connectivity index (χ3n) is 2.91. The van der Waals surface area contributed by atoms with E-state index in [0.717, 1.165) is 12.8 Å². The summed E-state index contributed by atoms with van der Waals surface area (Å²) in [7, 11) is 0. The van der Waals surface area contributed by atoms with Gasteiger partial charge in [0.05, 0.1) is 0 Å². The Hall–Kier alpha value is -2.14. The van der Waals surface area contributed by atoms with Crippen molar-refractivity contribution in [1.29, 1.82) is 0 Å². The van der Waals surface area contributed by atoms with Gasteiger partial charge in [-0.1, -0.05) is 30.3 Å². The third kappa shape index (κ3) is 4.20. The number of rotatable bonds is 7. The van der Waals surface area contributed by atoms with Gasteiger partial charge in [-0.25, -0.2) is 4.98 Å². The molecule has 1 aromatic carbocycles. The van der Waals surface area contributed by atoms with Crippen molar-refractivity contribution in [2.75, 3.05) is 13.1 Å². The Labute approximate surface area is 118 Å². The lowest BCUT2D eigenvalue weighted by Gasteiger charge is -2.03. The molecule has 0 saturated carbocycles. The van der Waals surface area contributed by atoms with Gasteiger partial charge in [-0.15, -0.1) is 0 Å². The second-order valence-corrected chi connectivity index (χ2v) is 4.51. The average molecular weight is 273 g/mol. The molecule has 0 fully saturated rings. The van der Waals surface area contributed by atoms with Gasteiger partial charge >= 0.3 is 0 Å². The molecule has 2 rings (SSSR count). The Bertz CT molecular complexity index is 537. The van der Waals surface area contributed by atoms with Crippen LogP contribution in [-0.2, 0) is 12.8 Å². The average Bonchev–Trinajstić information content (AvgIpc) is 2.94. The van der Waals surface area contributed by atoms with E-state index in [1.807, 2.05) is 18.2 Å². The molecule has 5 nitrogen and oxygen atoms in total. The fourth-order valence-corrected chi connectivity index (χ4v) is 1.88. The fourth-order valence-electron chi connectivity index (χ4n) is 1.88. The molecule has 0 spiro atoms. The first-order chi connectivity index (χ1) is 9.79. The van der Waals surface area contributed by atoms with Crippen molar-refractivity contribution in [2.45, 2.75) is 19.3 Å². The Morgan fingerprint density at radius 2 is 2.05 bits per heavy atom. The Morgan fingerprint density at radius 1 is 1.25 bits per heavy atom. The van der Waals surface area contributed by atoms with Crippen molar-refractivity contribution < 1.29 is 9.21 Å². The van der Waals surface area contributed by atoms with Gasteiger partial charge in [-0.2, -0.15) is 0 Å². The van der Waals surface area contributed by atoms with Crippen molar-refractivity contribution >= 4 is 5.91 Å². The molecule has 0 aliphatic rings. The lowest BCUT2D eigenvalue weighted by atomic mass is 10.1. The predicted molar refractivity (Wildman–Crippen MR) is 76.4 cm³/mol. The molecule has 0 unspecified atom stereocenters. The number of nitrogens with two attached hydrogens (primary N) is 1. The standard InChI is InChI=1S/C15H19N3O2/c16-9-8-14-18-13(11-20-14)15(19)17-10-4-7-12-5-2-1-3-6-12/h1-3,5-6,11H,4,7-10,16H2,(H,17,19). The molecule has 106 valence electrons. The van der Waals surface area contributed by atoms with Crippen LogP contribution in [0.3, 0.4) is 0 Å². The van der Waals surface area contributed by atoms with Gasteiger partial charge in [-0.05, 0) is 18.4 Å². The molecule has 0 aliphatic heterocycles. The summed E-state index contributed by atoms with van der Waals surface area (Å²) in [5.41, 5.74) is 6.98. The summed E-state index contributed by atoms with van der Waals surface area (Å²) >= 11 is 0. The predicted octanol–water partition coefficient (Wildman–Crippen LogP) is 1.54. The normalized spacial score (nSPS) is 10.4. The maximum absolute atomic E-state index is 11.8. The summed E-state index contributed by atoms with van der Waals surface area (Å²) in [6.07, 6.45) is 3.75. The lowest BCUT2D eigenvalue weighted by molar-refractivity contribution is 0.0948. The highest BCUT2D eigenvalue weighted by Gasteiger charge is 2.10. The van der Waals surface area contributed by atoms with Gasteiger partial charge in [0.25, 0.3) is 5.91 Å². The summed E-state index contributed by atoms with van der Waals surface area (Å²) in [4.78, 5) is 15.9. The molecular formula is C15H19N3O2. The quantitative estimate of drug-likeness (QED) is 0.750. The van der Waals surface area contributed by atoms with Gasteiger partial charge in [0.2, 0.25) is 0 Å². The molecule has 0 aliphatic carbocycles. The van der Waals surface area contributed by atoms with Crippen molar-refractivity contribution in [3.8, 4) is 0 Å². The highest BCUT2D eigenvalue weighted by molar-refractivity contribution is 5.91. The minimum absolute atomic E-state index is 0.204. The van der Waals surface area contributed by atoms with Crippen LogP contribution < -0.4 is 11.1 Å². The molecule has 0 saturated heterocycles. The number of amides is 1. The molecule has 0 radical (unpaired) electrons. The first-order valence-corrected chi connectivity index (χ1v) is 6.76. The number of hydrogen-bond donors (Lipinski definition) is 2. The SMILES string of the molecule is NCCc1nc(C(=O)NCCCc2ccccc2)co1. The van der Waals surface area contributed by atoms with E-state index in [-0.39, 0.29) is 5.91 Å². The maximum Gasteiger partial charge on any atom is 0.273 e. The first kappa shape index (κ1) is 14.3. The summed E-state index contributed by atoms with van der Waals surface area (Å²) in [6, 6.07) is 10.2. The van der Waals surface area contributed by atoms with Gasteiger partial charge in [0, 0.05) is 19.5 Å². The van der Waals surface area contributed by atoms with E-state index in [2.05, 4.69) is 22.4 Å². The van der Waals surface area contributed by atoms with E-state index in [1.165, 1.54) is 11.8 Å². The number of carbonyl (C=O) groups is 1. The third-order valence-corrected chi connectivity index (χ3v) is 2.91. The summed E-state index contributed by atoms with van der Waals surface area (Å²) < 4.78 is 5.15. The van der Waals surface area contributed by atoms with Gasteiger partial charge in [0.15, 0.2) is 11.6 Å². The minimum atomic E-state index is -0.204. The van der Waals surface area contributed by atoms with Crippen molar-refractivity contribution in [3.05, 3.63) is 53.7 Å². The highest BCUT2D eigenvalue weighted by atomic mass is 16.3. The number of oxazole rings is 1. The van der Waals surface area contributed by atoms with E-state index in [0.29, 0.717) is 31.1 Å². The zero-order chi connectivity index (χ0) is 14.2. The number of aryl methyl sites for hydroxylation is 1. The van der Waals surface area contributed by atoms with Crippen LogP contribution in [-0.4, -0.2) is 24.0 Å². The Morgan fingerprint density at radius 3 is 2.80 bits per heavy atom. The molecule has 0 atom stereocenters. The highest BCUT2D eigenvalue weighted by Crippen LogP contribution is 2.03. The Balaban J connectivity index is 1.72. The van der Waals surface area contributed by atoms with E-state index in [4.69, 9.17) is 10.2 Å². The van der Waals surface area contributed by atoms with E-state index in [1.54, 1.807) is 0 Å². The number of hydrogen-bond acceptors (Lipinski definition) is 4. The smallest absolute Gasteiger partial charge is 0.273 e. The van der Waals surface area contributed by atoms with Crippen LogP contribution in [0.15, 0.2) is 41.0 Å². The van der Waals surface area contributed by atoms with Crippen LogP contribution in [0.4, 0.5) is 0 Å². The summed E-state index contributed by atoms with van der Waals surface area (Å²) in [6.45, 7) is 1.07. The molecule has 1 aromatic heterocycles. The summed E-state index contributed by atoms with van der Waals surface area (Å²) in [5.74, 6) is 0.298. The number of carbonyl (C=O) groups excluding carboxylic acids is 1.